The summed E-state index contributed by atoms with van der Waals surface area (Å²) in [6, 6.07) is 6.12. The number of imide groups is 1. The fraction of sp³-hybridized carbons (Fsp3) is 0.214. The third-order valence-electron chi connectivity index (χ3n) is 2.70. The number of rotatable bonds is 5. The van der Waals surface area contributed by atoms with E-state index in [1.807, 2.05) is 0 Å². The van der Waals surface area contributed by atoms with Crippen molar-refractivity contribution in [3.05, 3.63) is 36.2 Å². The molecule has 1 aromatic carbocycles. The van der Waals surface area contributed by atoms with E-state index < -0.39 is 11.9 Å². The molecule has 3 amide bonds. The van der Waals surface area contributed by atoms with Crippen LogP contribution in [0.1, 0.15) is 5.56 Å². The third kappa shape index (κ3) is 4.26. The number of oxime groups is 1. The molecule has 1 aromatic heterocycles. The number of hydrogen-bond acceptors (Lipinski definition) is 8. The second-order valence-corrected chi connectivity index (χ2v) is 5.32. The van der Waals surface area contributed by atoms with Crippen molar-refractivity contribution in [3.8, 4) is 10.9 Å². The minimum absolute atomic E-state index is 0.104. The first kappa shape index (κ1) is 17.3. The molecule has 1 heterocycles. The molecule has 0 saturated carbocycles. The lowest BCUT2D eigenvalue weighted by molar-refractivity contribution is -0.114. The van der Waals surface area contributed by atoms with Gasteiger partial charge < -0.3 is 14.5 Å². The molecular weight excluding hydrogens is 334 g/mol. The molecule has 0 unspecified atom stereocenters. The molecule has 10 heteroatoms. The Kier molecular flexibility index (Phi) is 5.79. The number of hydrogen-bond donors (Lipinski definition) is 1. The highest BCUT2D eigenvalue weighted by Crippen LogP contribution is 2.26. The zero-order chi connectivity index (χ0) is 17.5. The highest BCUT2D eigenvalue weighted by molar-refractivity contribution is 7.07. The van der Waals surface area contributed by atoms with Crippen LogP contribution in [0.4, 0.5) is 4.79 Å². The first-order chi connectivity index (χ1) is 11.5. The summed E-state index contributed by atoms with van der Waals surface area (Å²) in [4.78, 5) is 33.9. The highest BCUT2D eigenvalue weighted by Gasteiger charge is 2.22. The normalized spacial score (nSPS) is 10.9. The SMILES string of the molecule is CO/N=C(/C(=O)NC(=O)N(C)C)c1ccccc1Oc1ncns1. The predicted octanol–water partition coefficient (Wildman–Crippen LogP) is 1.48. The number of benzene rings is 1. The lowest BCUT2D eigenvalue weighted by atomic mass is 10.1. The van der Waals surface area contributed by atoms with E-state index in [1.165, 1.54) is 32.4 Å². The van der Waals surface area contributed by atoms with Gasteiger partial charge in [0.1, 0.15) is 19.2 Å². The van der Waals surface area contributed by atoms with Gasteiger partial charge in [-0.2, -0.15) is 9.36 Å². The van der Waals surface area contributed by atoms with E-state index in [-0.39, 0.29) is 5.71 Å². The number of urea groups is 1. The Bertz CT molecular complexity index is 745. The number of para-hydroxylation sites is 1. The van der Waals surface area contributed by atoms with Crippen molar-refractivity contribution in [3.63, 3.8) is 0 Å². The average Bonchev–Trinajstić information content (AvgIpc) is 3.06. The molecule has 0 aliphatic carbocycles. The minimum Gasteiger partial charge on any atom is -0.429 e. The molecule has 0 fully saturated rings. The number of ether oxygens (including phenoxy) is 1. The van der Waals surface area contributed by atoms with Gasteiger partial charge in [-0.3, -0.25) is 10.1 Å². The van der Waals surface area contributed by atoms with Gasteiger partial charge >= 0.3 is 6.03 Å². The molecule has 0 saturated heterocycles. The largest absolute Gasteiger partial charge is 0.429 e. The third-order valence-corrected chi connectivity index (χ3v) is 3.25. The topological polar surface area (TPSA) is 106 Å². The molecule has 2 aromatic rings. The van der Waals surface area contributed by atoms with Crippen LogP contribution in [-0.4, -0.2) is 53.1 Å². The van der Waals surface area contributed by atoms with Gasteiger partial charge in [0, 0.05) is 25.6 Å². The van der Waals surface area contributed by atoms with Crippen molar-refractivity contribution in [2.75, 3.05) is 21.2 Å². The van der Waals surface area contributed by atoms with Gasteiger partial charge in [-0.05, 0) is 12.1 Å². The molecule has 0 atom stereocenters. The highest BCUT2D eigenvalue weighted by atomic mass is 32.1. The van der Waals surface area contributed by atoms with Crippen molar-refractivity contribution >= 4 is 29.2 Å². The van der Waals surface area contributed by atoms with Crippen LogP contribution < -0.4 is 10.1 Å². The molecule has 0 radical (unpaired) electrons. The van der Waals surface area contributed by atoms with Gasteiger partial charge in [-0.1, -0.05) is 17.3 Å². The second-order valence-electron chi connectivity index (χ2n) is 4.58. The molecule has 0 aliphatic heterocycles. The van der Waals surface area contributed by atoms with Crippen LogP contribution in [-0.2, 0) is 9.63 Å². The van der Waals surface area contributed by atoms with Crippen LogP contribution in [0.15, 0.2) is 35.7 Å². The zero-order valence-electron chi connectivity index (χ0n) is 13.2. The van der Waals surface area contributed by atoms with E-state index in [0.717, 1.165) is 11.5 Å². The molecule has 0 bridgehead atoms. The van der Waals surface area contributed by atoms with Crippen molar-refractivity contribution in [1.29, 1.82) is 0 Å². The number of amides is 3. The van der Waals surface area contributed by atoms with Crippen molar-refractivity contribution in [2.45, 2.75) is 0 Å². The van der Waals surface area contributed by atoms with E-state index in [2.05, 4.69) is 19.8 Å². The first-order valence-corrected chi connectivity index (χ1v) is 7.48. The number of aromatic nitrogens is 2. The Balaban J connectivity index is 2.33. The maximum absolute atomic E-state index is 12.4. The van der Waals surface area contributed by atoms with E-state index in [1.54, 1.807) is 24.3 Å². The van der Waals surface area contributed by atoms with Gasteiger partial charge in [0.05, 0.1) is 5.56 Å². The van der Waals surface area contributed by atoms with Crippen molar-refractivity contribution in [1.82, 2.24) is 19.6 Å². The molecular formula is C14H15N5O4S. The molecule has 0 spiro atoms. The fourth-order valence-corrected chi connectivity index (χ4v) is 2.03. The Labute approximate surface area is 142 Å². The summed E-state index contributed by atoms with van der Waals surface area (Å²) in [5.41, 5.74) is 0.242. The lowest BCUT2D eigenvalue weighted by Crippen LogP contribution is -2.42. The number of nitrogens with zero attached hydrogens (tertiary/aromatic N) is 4. The standard InChI is InChI=1S/C14H15N5O4S/c1-19(2)13(21)17-12(20)11(18-22-3)9-6-4-5-7-10(9)23-14-15-8-16-24-14/h4-8H,1-3H3,(H,17,20,21)/b18-11+. The Morgan fingerprint density at radius 2 is 2.04 bits per heavy atom. The maximum Gasteiger partial charge on any atom is 0.323 e. The van der Waals surface area contributed by atoms with Gasteiger partial charge in [0.25, 0.3) is 11.1 Å². The van der Waals surface area contributed by atoms with Crippen LogP contribution in [0.25, 0.3) is 0 Å². The quantitative estimate of drug-likeness (QED) is 0.647. The van der Waals surface area contributed by atoms with E-state index >= 15 is 0 Å². The average molecular weight is 349 g/mol. The zero-order valence-corrected chi connectivity index (χ0v) is 14.0. The van der Waals surface area contributed by atoms with E-state index in [4.69, 9.17) is 9.57 Å². The first-order valence-electron chi connectivity index (χ1n) is 6.70. The Morgan fingerprint density at radius 3 is 2.67 bits per heavy atom. The lowest BCUT2D eigenvalue weighted by Gasteiger charge is -2.13. The summed E-state index contributed by atoms with van der Waals surface area (Å²) in [5, 5.41) is 6.23. The van der Waals surface area contributed by atoms with Crippen molar-refractivity contribution < 1.29 is 19.2 Å². The predicted molar refractivity (Wildman–Crippen MR) is 87.2 cm³/mol. The fourth-order valence-electron chi connectivity index (χ4n) is 1.63. The van der Waals surface area contributed by atoms with E-state index in [9.17, 15) is 9.59 Å². The van der Waals surface area contributed by atoms with Crippen molar-refractivity contribution in [2.24, 2.45) is 5.16 Å². The molecule has 1 N–H and O–H groups in total. The van der Waals surface area contributed by atoms with Crippen LogP contribution in [0.5, 0.6) is 10.9 Å². The maximum atomic E-state index is 12.4. The summed E-state index contributed by atoms with van der Waals surface area (Å²) in [6.45, 7) is 0. The minimum atomic E-state index is -0.719. The molecule has 2 rings (SSSR count). The summed E-state index contributed by atoms with van der Waals surface area (Å²) < 4.78 is 9.46. The Hall–Kier alpha value is -3.01. The summed E-state index contributed by atoms with van der Waals surface area (Å²) in [5.74, 6) is -0.388. The van der Waals surface area contributed by atoms with Crippen LogP contribution in [0.2, 0.25) is 0 Å². The Morgan fingerprint density at radius 1 is 1.29 bits per heavy atom. The van der Waals surface area contributed by atoms with Gasteiger partial charge in [-0.15, -0.1) is 0 Å². The van der Waals surface area contributed by atoms with Gasteiger partial charge in [0.2, 0.25) is 0 Å². The molecule has 126 valence electrons. The summed E-state index contributed by atoms with van der Waals surface area (Å²) in [6.07, 6.45) is 1.36. The van der Waals surface area contributed by atoms with Crippen LogP contribution >= 0.6 is 11.5 Å². The second kappa shape index (κ2) is 8.02. The number of carbonyl (C=O) groups is 2. The number of carbonyl (C=O) groups excluding carboxylic acids is 2. The van der Waals surface area contributed by atoms with Crippen LogP contribution in [0, 0.1) is 0 Å². The van der Waals surface area contributed by atoms with Gasteiger partial charge in [0.15, 0.2) is 5.71 Å². The molecule has 9 nitrogen and oxygen atoms in total. The smallest absolute Gasteiger partial charge is 0.323 e. The number of nitrogens with one attached hydrogen (secondary N) is 1. The monoisotopic (exact) mass is 349 g/mol. The van der Waals surface area contributed by atoms with Crippen LogP contribution in [0.3, 0.4) is 0 Å². The molecule has 24 heavy (non-hydrogen) atoms. The summed E-state index contributed by atoms with van der Waals surface area (Å²) >= 11 is 1.06. The van der Waals surface area contributed by atoms with E-state index in [0.29, 0.717) is 16.5 Å². The van der Waals surface area contributed by atoms with Gasteiger partial charge in [-0.25, -0.2) is 4.79 Å². The summed E-state index contributed by atoms with van der Waals surface area (Å²) in [7, 11) is 4.33. The molecule has 0 aliphatic rings.